The number of hydrogen-bond donors (Lipinski definition) is 0. The first-order chi connectivity index (χ1) is 11.4. The molecule has 0 saturated heterocycles. The average Bonchev–Trinajstić information content (AvgIpc) is 2.76. The summed E-state index contributed by atoms with van der Waals surface area (Å²) >= 11 is 0. The highest BCUT2D eigenvalue weighted by atomic mass is 28.4. The van der Waals surface area contributed by atoms with Crippen LogP contribution in [0, 0.1) is 17.4 Å². The van der Waals surface area contributed by atoms with Crippen molar-refractivity contribution in [1.29, 1.82) is 0 Å². The number of rotatable bonds is 5. The first-order valence-corrected chi connectivity index (χ1v) is 20.4. The van der Waals surface area contributed by atoms with E-state index in [9.17, 15) is 0 Å². The molecule has 1 nitrogen and oxygen atoms in total. The van der Waals surface area contributed by atoms with Gasteiger partial charge in [-0.2, -0.15) is 0 Å². The van der Waals surface area contributed by atoms with Crippen molar-refractivity contribution in [2.24, 2.45) is 5.92 Å². The van der Waals surface area contributed by atoms with Crippen molar-refractivity contribution in [3.05, 3.63) is 11.3 Å². The lowest BCUT2D eigenvalue weighted by Gasteiger charge is -2.47. The molecule has 4 heteroatoms. The van der Waals surface area contributed by atoms with E-state index in [2.05, 4.69) is 97.2 Å². The van der Waals surface area contributed by atoms with Gasteiger partial charge in [-0.3, -0.25) is 0 Å². The Bertz CT molecular complexity index is 592. The quantitative estimate of drug-likeness (QED) is 0.344. The Labute approximate surface area is 167 Å². The van der Waals surface area contributed by atoms with Crippen LogP contribution in [0.3, 0.4) is 0 Å². The van der Waals surface area contributed by atoms with Gasteiger partial charge in [0.15, 0.2) is 8.32 Å². The van der Waals surface area contributed by atoms with Gasteiger partial charge in [-0.25, -0.2) is 0 Å². The van der Waals surface area contributed by atoms with Crippen LogP contribution < -0.4 is 0 Å². The molecule has 0 spiro atoms. The van der Waals surface area contributed by atoms with Crippen LogP contribution in [0.15, 0.2) is 11.3 Å². The minimum absolute atomic E-state index is 0.216. The second-order valence-electron chi connectivity index (χ2n) is 11.7. The highest BCUT2D eigenvalue weighted by Gasteiger charge is 2.50. The summed E-state index contributed by atoms with van der Waals surface area (Å²) in [6, 6.07) is 0. The third kappa shape index (κ3) is 5.95. The molecule has 0 heterocycles. The molecule has 1 saturated carbocycles. The Hall–Kier alpha value is -0.0894. The molecule has 0 aliphatic heterocycles. The van der Waals surface area contributed by atoms with Crippen LogP contribution in [0.2, 0.25) is 57.4 Å². The smallest absolute Gasteiger partial charge is 0.195 e. The van der Waals surface area contributed by atoms with Gasteiger partial charge >= 0.3 is 0 Å². The van der Waals surface area contributed by atoms with E-state index in [1.54, 1.807) is 0 Å². The zero-order valence-corrected chi connectivity index (χ0v) is 22.7. The molecule has 1 atom stereocenters. The summed E-state index contributed by atoms with van der Waals surface area (Å²) in [7, 11) is -4.71. The van der Waals surface area contributed by atoms with Crippen LogP contribution in [0.25, 0.3) is 0 Å². The molecule has 0 aromatic heterocycles. The summed E-state index contributed by atoms with van der Waals surface area (Å²) in [5.74, 6) is 4.36. The van der Waals surface area contributed by atoms with Gasteiger partial charge in [0.1, 0.15) is 13.7 Å². The van der Waals surface area contributed by atoms with Crippen molar-refractivity contribution in [1.82, 2.24) is 0 Å². The maximum Gasteiger partial charge on any atom is 0.195 e. The van der Waals surface area contributed by atoms with Crippen LogP contribution in [-0.2, 0) is 4.43 Å². The highest BCUT2D eigenvalue weighted by Crippen LogP contribution is 2.50. The van der Waals surface area contributed by atoms with Crippen LogP contribution in [0.4, 0.5) is 0 Å². The standard InChI is InChI=1S/C22H44OSi3/c1-19(2)21(3,4)26(11,12)23-22(16-17-24(5,6)7)15-13-14-20(22)18-25(8,9)10/h18-19H,13-15H2,1-12H3/b20-18+. The van der Waals surface area contributed by atoms with Crippen molar-refractivity contribution in [2.45, 2.75) is 110 Å². The lowest BCUT2D eigenvalue weighted by molar-refractivity contribution is 0.147. The van der Waals surface area contributed by atoms with Crippen LogP contribution in [0.1, 0.15) is 47.0 Å². The Balaban J connectivity index is 3.48. The molecule has 1 aliphatic rings. The van der Waals surface area contributed by atoms with Gasteiger partial charge in [-0.15, -0.1) is 5.54 Å². The van der Waals surface area contributed by atoms with E-state index in [-0.39, 0.29) is 10.6 Å². The third-order valence-corrected chi connectivity index (χ3v) is 12.8. The summed E-state index contributed by atoms with van der Waals surface area (Å²) in [4.78, 5) is 0. The van der Waals surface area contributed by atoms with Gasteiger partial charge in [0.25, 0.3) is 0 Å². The third-order valence-electron chi connectivity index (χ3n) is 6.16. The predicted octanol–water partition coefficient (Wildman–Crippen LogP) is 7.25. The maximum absolute atomic E-state index is 7.21. The van der Waals surface area contributed by atoms with E-state index < -0.39 is 24.5 Å². The van der Waals surface area contributed by atoms with Crippen molar-refractivity contribution < 1.29 is 4.43 Å². The van der Waals surface area contributed by atoms with Gasteiger partial charge in [0.2, 0.25) is 0 Å². The monoisotopic (exact) mass is 408 g/mol. The molecule has 1 unspecified atom stereocenters. The normalized spacial score (nSPS) is 24.1. The fourth-order valence-corrected chi connectivity index (χ4v) is 8.25. The SMILES string of the molecule is CC(C)C(C)(C)[Si](C)(C)OC1(C#C[Si](C)(C)C)CCC/C1=C\[Si](C)(C)C. The van der Waals surface area contributed by atoms with E-state index in [0.29, 0.717) is 5.92 Å². The average molecular weight is 409 g/mol. The first kappa shape index (κ1) is 23.9. The molecule has 0 aromatic rings. The highest BCUT2D eigenvalue weighted by molar-refractivity contribution is 6.84. The van der Waals surface area contributed by atoms with Crippen molar-refractivity contribution in [3.63, 3.8) is 0 Å². The number of hydrogen-bond acceptors (Lipinski definition) is 1. The fraction of sp³-hybridized carbons (Fsp3) is 0.818. The Morgan fingerprint density at radius 1 is 1.04 bits per heavy atom. The van der Waals surface area contributed by atoms with Gasteiger partial charge in [0, 0.05) is 0 Å². The molecule has 0 radical (unpaired) electrons. The molecule has 0 bridgehead atoms. The summed E-state index contributed by atoms with van der Waals surface area (Å²) < 4.78 is 7.21. The molecule has 1 fully saturated rings. The lowest BCUT2D eigenvalue weighted by Crippen LogP contribution is -2.52. The molecule has 1 rings (SSSR count). The van der Waals surface area contributed by atoms with E-state index in [1.807, 2.05) is 0 Å². The Morgan fingerprint density at radius 3 is 2.00 bits per heavy atom. The zero-order valence-electron chi connectivity index (χ0n) is 19.7. The van der Waals surface area contributed by atoms with Crippen molar-refractivity contribution in [2.75, 3.05) is 0 Å². The minimum Gasteiger partial charge on any atom is -0.397 e. The predicted molar refractivity (Wildman–Crippen MR) is 127 cm³/mol. The molecule has 0 aromatic carbocycles. The molecule has 0 amide bonds. The lowest BCUT2D eigenvalue weighted by atomic mass is 9.99. The van der Waals surface area contributed by atoms with Crippen molar-refractivity contribution >= 4 is 24.5 Å². The molecular weight excluding hydrogens is 364 g/mol. The van der Waals surface area contributed by atoms with E-state index in [1.165, 1.54) is 12.0 Å². The van der Waals surface area contributed by atoms with E-state index in [4.69, 9.17) is 4.43 Å². The Kier molecular flexibility index (Phi) is 7.12. The van der Waals surface area contributed by atoms with Crippen LogP contribution in [-0.4, -0.2) is 30.1 Å². The van der Waals surface area contributed by atoms with Gasteiger partial charge < -0.3 is 4.43 Å². The molecular formula is C22H44OSi3. The van der Waals surface area contributed by atoms with E-state index >= 15 is 0 Å². The van der Waals surface area contributed by atoms with Gasteiger partial charge in [-0.1, -0.05) is 78.6 Å². The van der Waals surface area contributed by atoms with Crippen LogP contribution >= 0.6 is 0 Å². The first-order valence-electron chi connectivity index (χ1n) is 10.4. The molecule has 150 valence electrons. The van der Waals surface area contributed by atoms with Crippen molar-refractivity contribution in [3.8, 4) is 11.5 Å². The van der Waals surface area contributed by atoms with Gasteiger partial charge in [0.05, 0.1) is 8.07 Å². The summed E-state index contributed by atoms with van der Waals surface area (Å²) in [5, 5.41) is 0.216. The summed E-state index contributed by atoms with van der Waals surface area (Å²) in [6.45, 7) is 28.6. The zero-order chi connectivity index (χ0) is 20.6. The van der Waals surface area contributed by atoms with Crippen LogP contribution in [0.5, 0.6) is 0 Å². The van der Waals surface area contributed by atoms with E-state index in [0.717, 1.165) is 12.8 Å². The summed E-state index contributed by atoms with van der Waals surface area (Å²) in [5.41, 5.74) is 7.46. The Morgan fingerprint density at radius 2 is 1.58 bits per heavy atom. The topological polar surface area (TPSA) is 9.23 Å². The fourth-order valence-electron chi connectivity index (χ4n) is 3.44. The maximum atomic E-state index is 7.21. The second-order valence-corrected chi connectivity index (χ2v) is 26.0. The summed E-state index contributed by atoms with van der Waals surface area (Å²) in [6.07, 6.45) is 3.45. The largest absolute Gasteiger partial charge is 0.397 e. The minimum atomic E-state index is -1.96. The molecule has 0 N–H and O–H groups in total. The molecule has 26 heavy (non-hydrogen) atoms. The second kappa shape index (κ2) is 7.73. The molecule has 1 aliphatic carbocycles. The van der Waals surface area contributed by atoms with Gasteiger partial charge in [-0.05, 0) is 48.9 Å².